The zero-order valence-electron chi connectivity index (χ0n) is 16.9. The molecule has 0 saturated heterocycles. The zero-order chi connectivity index (χ0) is 23.3. The summed E-state index contributed by atoms with van der Waals surface area (Å²) < 4.78 is 56.7. The molecule has 0 atom stereocenters. The van der Waals surface area contributed by atoms with Gasteiger partial charge in [0.15, 0.2) is 11.6 Å². The van der Waals surface area contributed by atoms with Crippen molar-refractivity contribution >= 4 is 33.2 Å². The van der Waals surface area contributed by atoms with Crippen LogP contribution in [-0.2, 0) is 21.4 Å². The quantitative estimate of drug-likeness (QED) is 0.498. The molecular weight excluding hydrogens is 466 g/mol. The van der Waals surface area contributed by atoms with Crippen molar-refractivity contribution in [2.45, 2.75) is 19.4 Å². The predicted octanol–water partition coefficient (Wildman–Crippen LogP) is 3.53. The van der Waals surface area contributed by atoms with Gasteiger partial charge in [0.05, 0.1) is 18.5 Å². The molecule has 1 heterocycles. The molecule has 0 unspecified atom stereocenters. The van der Waals surface area contributed by atoms with E-state index >= 15 is 0 Å². The van der Waals surface area contributed by atoms with Crippen LogP contribution in [0.15, 0.2) is 47.0 Å². The maximum Gasteiger partial charge on any atom is 0.246 e. The van der Waals surface area contributed by atoms with Crippen LogP contribution >= 0.6 is 11.6 Å². The van der Waals surface area contributed by atoms with Crippen molar-refractivity contribution in [3.63, 3.8) is 0 Å². The monoisotopic (exact) mass is 484 g/mol. The van der Waals surface area contributed by atoms with Gasteiger partial charge in [-0.25, -0.2) is 17.2 Å². The van der Waals surface area contributed by atoms with Crippen molar-refractivity contribution in [2.24, 2.45) is 0 Å². The zero-order valence-corrected chi connectivity index (χ0v) is 18.5. The number of nitrogens with zero attached hydrogens (tertiary/aromatic N) is 3. The van der Waals surface area contributed by atoms with Crippen molar-refractivity contribution in [1.82, 2.24) is 15.5 Å². The highest BCUT2D eigenvalue weighted by molar-refractivity contribution is 7.92. The molecule has 32 heavy (non-hydrogen) atoms. The van der Waals surface area contributed by atoms with Crippen molar-refractivity contribution in [3.05, 3.63) is 65.0 Å². The molecule has 0 bridgehead atoms. The molecule has 170 valence electrons. The van der Waals surface area contributed by atoms with Crippen LogP contribution in [0.2, 0.25) is 5.02 Å². The third-order valence-corrected chi connectivity index (χ3v) is 5.81. The van der Waals surface area contributed by atoms with Crippen molar-refractivity contribution in [2.75, 3.05) is 17.1 Å². The molecule has 8 nitrogen and oxygen atoms in total. The second kappa shape index (κ2) is 10.0. The van der Waals surface area contributed by atoms with E-state index in [2.05, 4.69) is 15.5 Å². The summed E-state index contributed by atoms with van der Waals surface area (Å²) in [6, 6.07) is 9.64. The first-order chi connectivity index (χ1) is 15.1. The number of benzene rings is 2. The van der Waals surface area contributed by atoms with E-state index < -0.39 is 21.7 Å². The molecule has 0 saturated carbocycles. The molecule has 0 aliphatic heterocycles. The normalized spacial score (nSPS) is 11.4. The molecule has 0 aliphatic rings. The molecule has 2 aromatic carbocycles. The first-order valence-corrected chi connectivity index (χ1v) is 11.6. The average Bonchev–Trinajstić information content (AvgIpc) is 3.20. The van der Waals surface area contributed by atoms with Crippen LogP contribution < -0.4 is 9.62 Å². The Bertz CT molecular complexity index is 1200. The summed E-state index contributed by atoms with van der Waals surface area (Å²) in [4.78, 5) is 16.3. The van der Waals surface area contributed by atoms with Gasteiger partial charge in [0.2, 0.25) is 27.6 Å². The molecular formula is C20H19ClF2N4O4S. The largest absolute Gasteiger partial charge is 0.347 e. The minimum Gasteiger partial charge on any atom is -0.347 e. The van der Waals surface area contributed by atoms with Gasteiger partial charge in [-0.15, -0.1) is 0 Å². The molecule has 0 spiro atoms. The molecule has 12 heteroatoms. The lowest BCUT2D eigenvalue weighted by Crippen LogP contribution is -2.32. The Morgan fingerprint density at radius 3 is 2.53 bits per heavy atom. The Morgan fingerprint density at radius 2 is 1.88 bits per heavy atom. The number of nitrogens with one attached hydrogen (secondary N) is 1. The lowest BCUT2D eigenvalue weighted by molar-refractivity contribution is -0.121. The van der Waals surface area contributed by atoms with Gasteiger partial charge >= 0.3 is 0 Å². The maximum absolute atomic E-state index is 13.5. The van der Waals surface area contributed by atoms with E-state index in [0.717, 1.165) is 28.8 Å². The summed E-state index contributed by atoms with van der Waals surface area (Å²) >= 11 is 5.84. The number of carbonyl (C=O) groups excluding carboxylic acids is 1. The molecule has 3 aromatic rings. The average molecular weight is 485 g/mol. The standard InChI is InChI=1S/C20H19ClF2N4O4S/c1-32(29,30)27(15-8-9-16(22)17(23)11-15)10-2-3-18(28)24-12-19-25-20(26-31-19)13-4-6-14(21)7-5-13/h4-9,11H,2-3,10,12H2,1H3,(H,24,28). The van der Waals surface area contributed by atoms with Gasteiger partial charge in [-0.05, 0) is 42.8 Å². The van der Waals surface area contributed by atoms with Crippen LogP contribution in [0.5, 0.6) is 0 Å². The fraction of sp³-hybridized carbons (Fsp3) is 0.250. The fourth-order valence-corrected chi connectivity index (χ4v) is 3.90. The van der Waals surface area contributed by atoms with Crippen LogP contribution in [0.4, 0.5) is 14.5 Å². The Kier molecular flexibility index (Phi) is 7.41. The smallest absolute Gasteiger partial charge is 0.246 e. The number of halogens is 3. The Balaban J connectivity index is 1.52. The van der Waals surface area contributed by atoms with E-state index in [9.17, 15) is 22.0 Å². The van der Waals surface area contributed by atoms with Crippen LogP contribution in [0.1, 0.15) is 18.7 Å². The summed E-state index contributed by atoms with van der Waals surface area (Å²) in [5, 5.41) is 7.02. The lowest BCUT2D eigenvalue weighted by Gasteiger charge is -2.22. The molecule has 3 rings (SSSR count). The molecule has 1 amide bonds. The summed E-state index contributed by atoms with van der Waals surface area (Å²) in [5.41, 5.74) is 0.682. The van der Waals surface area contributed by atoms with Crippen molar-refractivity contribution < 1.29 is 26.5 Å². The van der Waals surface area contributed by atoms with E-state index in [1.807, 2.05) is 0 Å². The van der Waals surface area contributed by atoms with Gasteiger partial charge in [-0.3, -0.25) is 9.10 Å². The molecule has 0 aliphatic carbocycles. The highest BCUT2D eigenvalue weighted by atomic mass is 35.5. The minimum absolute atomic E-state index is 0.00160. The Labute approximate surface area is 188 Å². The number of aromatic nitrogens is 2. The summed E-state index contributed by atoms with van der Waals surface area (Å²) in [7, 11) is -3.76. The molecule has 1 N–H and O–H groups in total. The van der Waals surface area contributed by atoms with Crippen LogP contribution in [-0.4, -0.2) is 37.3 Å². The van der Waals surface area contributed by atoms with E-state index in [0.29, 0.717) is 16.4 Å². The number of sulfonamides is 1. The topological polar surface area (TPSA) is 105 Å². The summed E-state index contributed by atoms with van der Waals surface area (Å²) in [6.07, 6.45) is 1.09. The number of rotatable bonds is 9. The predicted molar refractivity (Wildman–Crippen MR) is 114 cm³/mol. The summed E-state index contributed by atoms with van der Waals surface area (Å²) in [5.74, 6) is -2.06. The number of hydrogen-bond donors (Lipinski definition) is 1. The van der Waals surface area contributed by atoms with Gasteiger partial charge < -0.3 is 9.84 Å². The van der Waals surface area contributed by atoms with Gasteiger partial charge in [-0.2, -0.15) is 4.98 Å². The first kappa shape index (κ1) is 23.6. The molecule has 0 radical (unpaired) electrons. The highest BCUT2D eigenvalue weighted by Gasteiger charge is 2.19. The van der Waals surface area contributed by atoms with Crippen LogP contribution in [0.3, 0.4) is 0 Å². The maximum atomic E-state index is 13.5. The Morgan fingerprint density at radius 1 is 1.16 bits per heavy atom. The molecule has 0 fully saturated rings. The van der Waals surface area contributed by atoms with E-state index in [1.165, 1.54) is 0 Å². The number of amides is 1. The van der Waals surface area contributed by atoms with E-state index in [4.69, 9.17) is 16.1 Å². The van der Waals surface area contributed by atoms with Crippen molar-refractivity contribution in [3.8, 4) is 11.4 Å². The van der Waals surface area contributed by atoms with Gasteiger partial charge in [0.25, 0.3) is 0 Å². The molecule has 1 aromatic heterocycles. The van der Waals surface area contributed by atoms with Crippen LogP contribution in [0.25, 0.3) is 11.4 Å². The fourth-order valence-electron chi connectivity index (χ4n) is 2.82. The second-order valence-electron chi connectivity index (χ2n) is 6.83. The first-order valence-electron chi connectivity index (χ1n) is 9.41. The van der Waals surface area contributed by atoms with Crippen molar-refractivity contribution in [1.29, 1.82) is 0 Å². The third-order valence-electron chi connectivity index (χ3n) is 4.36. The van der Waals surface area contributed by atoms with E-state index in [1.54, 1.807) is 24.3 Å². The number of carbonyl (C=O) groups is 1. The van der Waals surface area contributed by atoms with Gasteiger partial charge in [-0.1, -0.05) is 16.8 Å². The lowest BCUT2D eigenvalue weighted by atomic mass is 10.2. The number of anilines is 1. The SMILES string of the molecule is CS(=O)(=O)N(CCCC(=O)NCc1nc(-c2ccc(Cl)cc2)no1)c1ccc(F)c(F)c1. The Hall–Kier alpha value is -3.05. The minimum atomic E-state index is -3.76. The summed E-state index contributed by atoms with van der Waals surface area (Å²) in [6.45, 7) is -0.0863. The second-order valence-corrected chi connectivity index (χ2v) is 9.18. The highest BCUT2D eigenvalue weighted by Crippen LogP contribution is 2.21. The van der Waals surface area contributed by atoms with E-state index in [-0.39, 0.29) is 43.4 Å². The van der Waals surface area contributed by atoms with Gasteiger partial charge in [0, 0.05) is 29.6 Å². The third kappa shape index (κ3) is 6.24. The number of hydrogen-bond acceptors (Lipinski definition) is 6. The van der Waals surface area contributed by atoms with Crippen LogP contribution in [0, 0.1) is 11.6 Å². The van der Waals surface area contributed by atoms with Gasteiger partial charge in [0.1, 0.15) is 0 Å².